The normalized spacial score (nSPS) is 17.4. The molecule has 0 saturated carbocycles. The van der Waals surface area contributed by atoms with Crippen LogP contribution in [0.15, 0.2) is 30.5 Å². The van der Waals surface area contributed by atoms with Gasteiger partial charge in [0, 0.05) is 6.20 Å². The zero-order chi connectivity index (χ0) is 20.3. The first-order chi connectivity index (χ1) is 13.4. The Bertz CT molecular complexity index is 843. The summed E-state index contributed by atoms with van der Waals surface area (Å²) in [5.41, 5.74) is 0.993. The number of ether oxygens (including phenoxy) is 3. The van der Waals surface area contributed by atoms with E-state index in [9.17, 15) is 4.79 Å². The third-order valence-corrected chi connectivity index (χ3v) is 4.82. The van der Waals surface area contributed by atoms with Crippen LogP contribution in [0, 0.1) is 5.92 Å². The van der Waals surface area contributed by atoms with E-state index in [1.807, 2.05) is 25.1 Å². The minimum atomic E-state index is -0.378. The largest absolute Gasteiger partial charge is 0.493 e. The van der Waals surface area contributed by atoms with Crippen molar-refractivity contribution in [1.82, 2.24) is 9.97 Å². The number of carbonyl (C=O) groups excluding carboxylic acids is 1. The SMILES string of the molecule is COc1ccc([C@@H](C)Nc2nccc(N3C(=O)OC[C@@H]3C(C)C)n2)cc1OC. The quantitative estimate of drug-likeness (QED) is 0.777. The third kappa shape index (κ3) is 3.95. The Kier molecular flexibility index (Phi) is 5.87. The summed E-state index contributed by atoms with van der Waals surface area (Å²) in [6, 6.07) is 7.31. The minimum absolute atomic E-state index is 0.0430. The second-order valence-corrected chi connectivity index (χ2v) is 6.98. The van der Waals surface area contributed by atoms with Crippen LogP contribution in [0.3, 0.4) is 0 Å². The zero-order valence-electron chi connectivity index (χ0n) is 16.8. The van der Waals surface area contributed by atoms with E-state index in [0.29, 0.717) is 29.9 Å². The number of methoxy groups -OCH3 is 2. The Morgan fingerprint density at radius 1 is 1.18 bits per heavy atom. The number of nitrogens with zero attached hydrogens (tertiary/aromatic N) is 3. The lowest BCUT2D eigenvalue weighted by molar-refractivity contribution is 0.177. The van der Waals surface area contributed by atoms with Gasteiger partial charge in [-0.25, -0.2) is 9.78 Å². The molecule has 1 aromatic heterocycles. The Balaban J connectivity index is 1.80. The van der Waals surface area contributed by atoms with Crippen molar-refractivity contribution in [2.45, 2.75) is 32.9 Å². The first kappa shape index (κ1) is 19.7. The Labute approximate surface area is 164 Å². The van der Waals surface area contributed by atoms with Gasteiger partial charge < -0.3 is 19.5 Å². The van der Waals surface area contributed by atoms with Crippen LogP contribution in [0.4, 0.5) is 16.6 Å². The minimum Gasteiger partial charge on any atom is -0.493 e. The second-order valence-electron chi connectivity index (χ2n) is 6.98. The van der Waals surface area contributed by atoms with Crippen LogP contribution in [-0.2, 0) is 4.74 Å². The van der Waals surface area contributed by atoms with Gasteiger partial charge in [0.1, 0.15) is 12.4 Å². The number of cyclic esters (lactones) is 1. The molecule has 1 saturated heterocycles. The van der Waals surface area contributed by atoms with Crippen molar-refractivity contribution in [1.29, 1.82) is 0 Å². The van der Waals surface area contributed by atoms with E-state index >= 15 is 0 Å². The van der Waals surface area contributed by atoms with Crippen LogP contribution < -0.4 is 19.7 Å². The van der Waals surface area contributed by atoms with Crippen molar-refractivity contribution < 1.29 is 19.0 Å². The molecule has 1 aliphatic heterocycles. The summed E-state index contributed by atoms with van der Waals surface area (Å²) in [5.74, 6) is 2.54. The maximum absolute atomic E-state index is 12.2. The molecule has 28 heavy (non-hydrogen) atoms. The average molecular weight is 386 g/mol. The Morgan fingerprint density at radius 3 is 2.61 bits per heavy atom. The van der Waals surface area contributed by atoms with Crippen molar-refractivity contribution in [3.05, 3.63) is 36.0 Å². The standard InChI is InChI=1S/C20H26N4O4/c1-12(2)15-11-28-20(25)24(15)18-8-9-21-19(23-18)22-13(3)14-6-7-16(26-4)17(10-14)27-5/h6-10,12-13,15H,11H2,1-5H3,(H,21,22,23)/t13-,15-/m1/s1. The fraction of sp³-hybridized carbons (Fsp3) is 0.450. The van der Waals surface area contributed by atoms with Crippen LogP contribution in [0.25, 0.3) is 0 Å². The summed E-state index contributed by atoms with van der Waals surface area (Å²) in [5, 5.41) is 3.27. The van der Waals surface area contributed by atoms with Crippen LogP contribution in [0.2, 0.25) is 0 Å². The van der Waals surface area contributed by atoms with E-state index in [1.165, 1.54) is 0 Å². The lowest BCUT2D eigenvalue weighted by Gasteiger charge is -2.24. The summed E-state index contributed by atoms with van der Waals surface area (Å²) in [4.78, 5) is 22.6. The van der Waals surface area contributed by atoms with Crippen LogP contribution in [-0.4, -0.2) is 42.9 Å². The molecule has 2 aromatic rings. The highest BCUT2D eigenvalue weighted by Gasteiger charge is 2.37. The number of hydrogen-bond donors (Lipinski definition) is 1. The average Bonchev–Trinajstić information content (AvgIpc) is 3.09. The van der Waals surface area contributed by atoms with Gasteiger partial charge in [-0.3, -0.25) is 4.90 Å². The lowest BCUT2D eigenvalue weighted by Crippen LogP contribution is -2.37. The summed E-state index contributed by atoms with van der Waals surface area (Å²) in [7, 11) is 3.21. The van der Waals surface area contributed by atoms with Gasteiger partial charge in [0.15, 0.2) is 11.5 Å². The lowest BCUT2D eigenvalue weighted by atomic mass is 10.0. The molecule has 1 aliphatic rings. The van der Waals surface area contributed by atoms with Gasteiger partial charge in [0.2, 0.25) is 5.95 Å². The topological polar surface area (TPSA) is 85.8 Å². The van der Waals surface area contributed by atoms with Gasteiger partial charge in [-0.15, -0.1) is 0 Å². The first-order valence-corrected chi connectivity index (χ1v) is 9.22. The van der Waals surface area contributed by atoms with Crippen molar-refractivity contribution in [2.24, 2.45) is 5.92 Å². The number of anilines is 2. The maximum Gasteiger partial charge on any atom is 0.415 e. The Hall–Kier alpha value is -3.03. The van der Waals surface area contributed by atoms with E-state index in [-0.39, 0.29) is 24.1 Å². The van der Waals surface area contributed by atoms with Gasteiger partial charge in [0.05, 0.1) is 26.3 Å². The van der Waals surface area contributed by atoms with Gasteiger partial charge in [0.25, 0.3) is 0 Å². The number of aromatic nitrogens is 2. The predicted molar refractivity (Wildman–Crippen MR) is 106 cm³/mol. The summed E-state index contributed by atoms with van der Waals surface area (Å²) in [6.45, 7) is 6.47. The van der Waals surface area contributed by atoms with Crippen molar-refractivity contribution in [2.75, 3.05) is 31.0 Å². The van der Waals surface area contributed by atoms with E-state index in [4.69, 9.17) is 14.2 Å². The molecule has 3 rings (SSSR count). The molecule has 0 unspecified atom stereocenters. The molecule has 2 heterocycles. The monoisotopic (exact) mass is 386 g/mol. The fourth-order valence-electron chi connectivity index (χ4n) is 3.14. The highest BCUT2D eigenvalue weighted by atomic mass is 16.6. The smallest absolute Gasteiger partial charge is 0.415 e. The van der Waals surface area contributed by atoms with Gasteiger partial charge in [-0.1, -0.05) is 19.9 Å². The third-order valence-electron chi connectivity index (χ3n) is 4.82. The summed E-state index contributed by atoms with van der Waals surface area (Å²) < 4.78 is 15.9. The van der Waals surface area contributed by atoms with Crippen molar-refractivity contribution in [3.8, 4) is 11.5 Å². The maximum atomic E-state index is 12.2. The molecule has 0 aliphatic carbocycles. The number of nitrogens with one attached hydrogen (secondary N) is 1. The van der Waals surface area contributed by atoms with Gasteiger partial charge in [-0.2, -0.15) is 4.98 Å². The highest BCUT2D eigenvalue weighted by molar-refractivity contribution is 5.89. The highest BCUT2D eigenvalue weighted by Crippen LogP contribution is 2.31. The molecular formula is C20H26N4O4. The van der Waals surface area contributed by atoms with Crippen LogP contribution >= 0.6 is 0 Å². The molecule has 8 nitrogen and oxygen atoms in total. The van der Waals surface area contributed by atoms with E-state index < -0.39 is 0 Å². The molecule has 8 heteroatoms. The molecule has 150 valence electrons. The number of amides is 1. The first-order valence-electron chi connectivity index (χ1n) is 9.22. The molecule has 2 atom stereocenters. The number of benzene rings is 1. The van der Waals surface area contributed by atoms with E-state index in [1.54, 1.807) is 31.4 Å². The summed E-state index contributed by atoms with van der Waals surface area (Å²) in [6.07, 6.45) is 1.26. The fourth-order valence-corrected chi connectivity index (χ4v) is 3.14. The van der Waals surface area contributed by atoms with Crippen LogP contribution in [0.5, 0.6) is 11.5 Å². The zero-order valence-corrected chi connectivity index (χ0v) is 16.8. The molecule has 1 amide bonds. The predicted octanol–water partition coefficient (Wildman–Crippen LogP) is 3.65. The van der Waals surface area contributed by atoms with Crippen molar-refractivity contribution in [3.63, 3.8) is 0 Å². The van der Waals surface area contributed by atoms with Crippen LogP contribution in [0.1, 0.15) is 32.4 Å². The number of carbonyl (C=O) groups is 1. The van der Waals surface area contributed by atoms with E-state index in [0.717, 1.165) is 5.56 Å². The number of hydrogen-bond acceptors (Lipinski definition) is 7. The molecule has 0 bridgehead atoms. The summed E-state index contributed by atoms with van der Waals surface area (Å²) >= 11 is 0. The van der Waals surface area contributed by atoms with Gasteiger partial charge >= 0.3 is 6.09 Å². The Morgan fingerprint density at radius 2 is 1.93 bits per heavy atom. The molecule has 0 radical (unpaired) electrons. The molecule has 0 spiro atoms. The molecule has 1 fully saturated rings. The number of rotatable bonds is 7. The van der Waals surface area contributed by atoms with Crippen molar-refractivity contribution >= 4 is 17.9 Å². The second kappa shape index (κ2) is 8.33. The molecular weight excluding hydrogens is 360 g/mol. The van der Waals surface area contributed by atoms with Gasteiger partial charge in [-0.05, 0) is 36.6 Å². The van der Waals surface area contributed by atoms with E-state index in [2.05, 4.69) is 29.1 Å². The molecule has 1 N–H and O–H groups in total. The molecule has 1 aromatic carbocycles.